The first-order valence-corrected chi connectivity index (χ1v) is 10.6. The van der Waals surface area contributed by atoms with Gasteiger partial charge < -0.3 is 19.3 Å². The van der Waals surface area contributed by atoms with Crippen LogP contribution in [0.15, 0.2) is 71.5 Å². The van der Waals surface area contributed by atoms with Gasteiger partial charge in [-0.1, -0.05) is 5.16 Å². The van der Waals surface area contributed by atoms with E-state index in [0.717, 1.165) is 16.9 Å². The summed E-state index contributed by atoms with van der Waals surface area (Å²) in [6.07, 6.45) is 3.90. The number of nitrogens with one attached hydrogen (secondary N) is 1. The molecule has 0 aliphatic heterocycles. The van der Waals surface area contributed by atoms with Crippen molar-refractivity contribution in [2.24, 2.45) is 0 Å². The number of aryl methyl sites for hydroxylation is 2. The zero-order chi connectivity index (χ0) is 23.0. The highest BCUT2D eigenvalue weighted by Crippen LogP contribution is 2.27. The highest BCUT2D eigenvalue weighted by Gasteiger charge is 2.12. The van der Waals surface area contributed by atoms with Gasteiger partial charge in [-0.3, -0.25) is 9.78 Å². The lowest BCUT2D eigenvalue weighted by Gasteiger charge is -2.11. The van der Waals surface area contributed by atoms with Gasteiger partial charge in [0.05, 0.1) is 12.8 Å². The molecule has 0 radical (unpaired) electrons. The molecule has 2 heterocycles. The van der Waals surface area contributed by atoms with Crippen LogP contribution in [0.4, 0.5) is 5.69 Å². The number of hydrogen-bond donors (Lipinski definition) is 1. The van der Waals surface area contributed by atoms with Crippen molar-refractivity contribution in [3.63, 3.8) is 0 Å². The number of hydrogen-bond acceptors (Lipinski definition) is 7. The van der Waals surface area contributed by atoms with Gasteiger partial charge in [-0.25, -0.2) is 0 Å². The Hall–Kier alpha value is -4.20. The number of amides is 1. The maximum absolute atomic E-state index is 12.4. The number of carbonyl (C=O) groups is 1. The van der Waals surface area contributed by atoms with Crippen LogP contribution < -0.4 is 14.8 Å². The van der Waals surface area contributed by atoms with Crippen molar-refractivity contribution in [2.45, 2.75) is 26.7 Å². The molecule has 8 nitrogen and oxygen atoms in total. The Bertz CT molecular complexity index is 1210. The van der Waals surface area contributed by atoms with E-state index in [1.54, 1.807) is 18.5 Å². The summed E-state index contributed by atoms with van der Waals surface area (Å²) in [6, 6.07) is 16.6. The van der Waals surface area contributed by atoms with E-state index >= 15 is 0 Å². The fourth-order valence-electron chi connectivity index (χ4n) is 3.16. The van der Waals surface area contributed by atoms with E-state index in [9.17, 15) is 4.79 Å². The molecule has 0 saturated heterocycles. The van der Waals surface area contributed by atoms with Crippen LogP contribution in [0.5, 0.6) is 17.2 Å². The number of rotatable bonds is 9. The van der Waals surface area contributed by atoms with E-state index in [-0.39, 0.29) is 12.3 Å². The summed E-state index contributed by atoms with van der Waals surface area (Å²) in [5.41, 5.74) is 2.41. The van der Waals surface area contributed by atoms with Crippen LogP contribution >= 0.6 is 0 Å². The van der Waals surface area contributed by atoms with Crippen LogP contribution in [0, 0.1) is 6.92 Å². The number of carbonyl (C=O) groups excluding carboxylic acids is 1. The van der Waals surface area contributed by atoms with Crippen LogP contribution in [0.3, 0.4) is 0 Å². The number of pyridine rings is 1. The van der Waals surface area contributed by atoms with Gasteiger partial charge in [-0.15, -0.1) is 0 Å². The molecule has 0 atom stereocenters. The maximum atomic E-state index is 12.4. The molecule has 0 bridgehead atoms. The minimum absolute atomic E-state index is 0.142. The van der Waals surface area contributed by atoms with E-state index in [4.69, 9.17) is 14.0 Å². The lowest BCUT2D eigenvalue weighted by atomic mass is 10.2. The molecule has 0 aliphatic rings. The minimum Gasteiger partial charge on any atom is -0.494 e. The molecule has 2 aromatic heterocycles. The molecule has 168 valence electrons. The summed E-state index contributed by atoms with van der Waals surface area (Å²) in [5.74, 6) is 2.89. The number of nitrogens with zero attached hydrogens (tertiary/aromatic N) is 3. The van der Waals surface area contributed by atoms with Crippen LogP contribution in [0.1, 0.15) is 24.8 Å². The molecule has 2 aromatic carbocycles. The van der Waals surface area contributed by atoms with Crippen molar-refractivity contribution in [1.82, 2.24) is 15.1 Å². The predicted molar refractivity (Wildman–Crippen MR) is 123 cm³/mol. The van der Waals surface area contributed by atoms with Gasteiger partial charge in [0, 0.05) is 30.3 Å². The van der Waals surface area contributed by atoms with Crippen LogP contribution in [0.25, 0.3) is 11.4 Å². The first kappa shape index (κ1) is 22.0. The fourth-order valence-corrected chi connectivity index (χ4v) is 3.16. The highest BCUT2D eigenvalue weighted by atomic mass is 16.5. The highest BCUT2D eigenvalue weighted by molar-refractivity contribution is 5.91. The van der Waals surface area contributed by atoms with Gasteiger partial charge in [-0.05, 0) is 74.0 Å². The second kappa shape index (κ2) is 10.4. The normalized spacial score (nSPS) is 10.6. The summed E-state index contributed by atoms with van der Waals surface area (Å²) in [6.45, 7) is 4.46. The largest absolute Gasteiger partial charge is 0.494 e. The van der Waals surface area contributed by atoms with Crippen molar-refractivity contribution < 1.29 is 18.8 Å². The van der Waals surface area contributed by atoms with Crippen molar-refractivity contribution in [3.8, 4) is 28.6 Å². The standard InChI is InChI=1S/C25H24N4O4/c1-3-31-20-9-6-18(7-10-20)25-28-24(33-29-25)13-12-23(30)27-19-8-11-22(17(2)15-19)32-21-5-4-14-26-16-21/h4-11,14-16H,3,12-13H2,1-2H3,(H,27,30). The molecule has 0 aliphatic carbocycles. The number of anilines is 1. The summed E-state index contributed by atoms with van der Waals surface area (Å²) in [7, 11) is 0. The van der Waals surface area contributed by atoms with Crippen molar-refractivity contribution in [3.05, 3.63) is 78.4 Å². The summed E-state index contributed by atoms with van der Waals surface area (Å²) >= 11 is 0. The van der Waals surface area contributed by atoms with Crippen LogP contribution in [-0.4, -0.2) is 27.6 Å². The van der Waals surface area contributed by atoms with E-state index < -0.39 is 0 Å². The molecule has 0 unspecified atom stereocenters. The van der Waals surface area contributed by atoms with Crippen molar-refractivity contribution >= 4 is 11.6 Å². The molecular weight excluding hydrogens is 420 g/mol. The molecule has 8 heteroatoms. The molecule has 1 N–H and O–H groups in total. The predicted octanol–water partition coefficient (Wildman–Crippen LogP) is 5.20. The van der Waals surface area contributed by atoms with Crippen molar-refractivity contribution in [1.29, 1.82) is 0 Å². The molecule has 4 rings (SSSR count). The summed E-state index contributed by atoms with van der Waals surface area (Å²) in [5, 5.41) is 6.89. The Morgan fingerprint density at radius 3 is 2.67 bits per heavy atom. The molecule has 0 saturated carbocycles. The lowest BCUT2D eigenvalue weighted by Crippen LogP contribution is -2.12. The Kier molecular flexibility index (Phi) is 6.94. The third-order valence-electron chi connectivity index (χ3n) is 4.78. The molecule has 4 aromatic rings. The monoisotopic (exact) mass is 444 g/mol. The van der Waals surface area contributed by atoms with Gasteiger partial charge in [0.15, 0.2) is 0 Å². The van der Waals surface area contributed by atoms with Gasteiger partial charge in [0.1, 0.15) is 17.2 Å². The second-order valence-electron chi connectivity index (χ2n) is 7.29. The van der Waals surface area contributed by atoms with Gasteiger partial charge in [0.2, 0.25) is 17.6 Å². The molecule has 0 spiro atoms. The van der Waals surface area contributed by atoms with E-state index in [0.29, 0.717) is 41.9 Å². The fraction of sp³-hybridized carbons (Fsp3) is 0.200. The number of ether oxygens (including phenoxy) is 2. The van der Waals surface area contributed by atoms with Crippen LogP contribution in [0.2, 0.25) is 0 Å². The van der Waals surface area contributed by atoms with Gasteiger partial charge in [0.25, 0.3) is 0 Å². The number of aromatic nitrogens is 3. The van der Waals surface area contributed by atoms with E-state index in [1.165, 1.54) is 0 Å². The zero-order valence-electron chi connectivity index (χ0n) is 18.4. The first-order valence-electron chi connectivity index (χ1n) is 10.6. The van der Waals surface area contributed by atoms with E-state index in [1.807, 2.05) is 62.4 Å². The average molecular weight is 444 g/mol. The third kappa shape index (κ3) is 5.94. The molecule has 1 amide bonds. The molecule has 0 fully saturated rings. The Morgan fingerprint density at radius 2 is 1.94 bits per heavy atom. The SMILES string of the molecule is CCOc1ccc(-c2noc(CCC(=O)Nc3ccc(Oc4cccnc4)c(C)c3)n2)cc1. The molecule has 33 heavy (non-hydrogen) atoms. The topological polar surface area (TPSA) is 99.4 Å². The Morgan fingerprint density at radius 1 is 1.09 bits per heavy atom. The average Bonchev–Trinajstić information content (AvgIpc) is 3.30. The second-order valence-corrected chi connectivity index (χ2v) is 7.29. The lowest BCUT2D eigenvalue weighted by molar-refractivity contribution is -0.116. The van der Waals surface area contributed by atoms with Crippen LogP contribution in [-0.2, 0) is 11.2 Å². The van der Waals surface area contributed by atoms with Gasteiger partial charge >= 0.3 is 0 Å². The third-order valence-corrected chi connectivity index (χ3v) is 4.78. The van der Waals surface area contributed by atoms with Gasteiger partial charge in [-0.2, -0.15) is 4.98 Å². The Labute approximate surface area is 191 Å². The summed E-state index contributed by atoms with van der Waals surface area (Å²) < 4.78 is 16.6. The minimum atomic E-state index is -0.142. The van der Waals surface area contributed by atoms with Crippen molar-refractivity contribution in [2.75, 3.05) is 11.9 Å². The number of benzene rings is 2. The Balaban J connectivity index is 1.30. The summed E-state index contributed by atoms with van der Waals surface area (Å²) in [4.78, 5) is 20.8. The zero-order valence-corrected chi connectivity index (χ0v) is 18.4. The quantitative estimate of drug-likeness (QED) is 0.379. The molecular formula is C25H24N4O4. The van der Waals surface area contributed by atoms with E-state index in [2.05, 4.69) is 20.4 Å². The smallest absolute Gasteiger partial charge is 0.227 e. The first-order chi connectivity index (χ1) is 16.1. The maximum Gasteiger partial charge on any atom is 0.227 e.